The molecule has 0 saturated heterocycles. The first-order valence-electron chi connectivity index (χ1n) is 11.8. The van der Waals surface area contributed by atoms with Crippen molar-refractivity contribution in [2.24, 2.45) is 5.41 Å². The van der Waals surface area contributed by atoms with Crippen LogP contribution < -0.4 is 16.0 Å². The predicted octanol–water partition coefficient (Wildman–Crippen LogP) is 6.78. The van der Waals surface area contributed by atoms with Crippen LogP contribution in [0.25, 0.3) is 11.0 Å². The Labute approximate surface area is 222 Å². The number of hydrogen-bond acceptors (Lipinski definition) is 4. The molecule has 0 spiro atoms. The summed E-state index contributed by atoms with van der Waals surface area (Å²) in [7, 11) is 0. The summed E-state index contributed by atoms with van der Waals surface area (Å²) in [5.41, 5.74) is 4.09. The summed E-state index contributed by atoms with van der Waals surface area (Å²) in [6, 6.07) is 18.3. The monoisotopic (exact) mass is 565 g/mol. The Hall–Kier alpha value is -3.36. The number of nitrogens with zero attached hydrogens (tertiary/aromatic N) is 1. The third-order valence-electron chi connectivity index (χ3n) is 6.60. The molecule has 4 aromatic rings. The quantitative estimate of drug-likeness (QED) is 0.189. The van der Waals surface area contributed by atoms with E-state index in [1.807, 2.05) is 36.4 Å². The first kappa shape index (κ1) is 24.3. The molecule has 5 rings (SSSR count). The Morgan fingerprint density at radius 2 is 1.86 bits per heavy atom. The summed E-state index contributed by atoms with van der Waals surface area (Å²) < 4.78 is 0.943. The van der Waals surface area contributed by atoms with Gasteiger partial charge in [0.15, 0.2) is 0 Å². The molecule has 1 aromatic heterocycles. The van der Waals surface area contributed by atoms with Crippen molar-refractivity contribution >= 4 is 67.7 Å². The molecule has 1 fully saturated rings. The van der Waals surface area contributed by atoms with Crippen molar-refractivity contribution in [3.63, 3.8) is 0 Å². The summed E-state index contributed by atoms with van der Waals surface area (Å²) in [5.74, 6) is 0.408. The molecule has 1 aliphatic carbocycles. The summed E-state index contributed by atoms with van der Waals surface area (Å²) in [6.45, 7) is 2.49. The lowest BCUT2D eigenvalue weighted by atomic mass is 10.0. The lowest BCUT2D eigenvalue weighted by molar-refractivity contribution is -0.126. The van der Waals surface area contributed by atoms with Crippen molar-refractivity contribution in [3.05, 3.63) is 81.3 Å². The van der Waals surface area contributed by atoms with E-state index in [9.17, 15) is 9.59 Å². The van der Waals surface area contributed by atoms with Crippen LogP contribution in [0.15, 0.2) is 65.1 Å². The fourth-order valence-corrected chi connectivity index (χ4v) is 4.54. The van der Waals surface area contributed by atoms with Crippen LogP contribution in [-0.4, -0.2) is 21.8 Å². The summed E-state index contributed by atoms with van der Waals surface area (Å²) in [6.07, 6.45) is 2.79. The molecule has 184 valence electrons. The Morgan fingerprint density at radius 3 is 2.58 bits per heavy atom. The topological polar surface area (TPSA) is 98.9 Å². The number of imidazole rings is 1. The molecule has 9 heteroatoms. The molecular weight excluding hydrogens is 542 g/mol. The summed E-state index contributed by atoms with van der Waals surface area (Å²) in [4.78, 5) is 32.9. The van der Waals surface area contributed by atoms with E-state index in [1.54, 1.807) is 24.3 Å². The van der Waals surface area contributed by atoms with Gasteiger partial charge in [-0.05, 0) is 79.4 Å². The van der Waals surface area contributed by atoms with Crippen LogP contribution in [-0.2, 0) is 11.3 Å². The number of halogens is 2. The number of H-pyrrole nitrogens is 1. The molecule has 36 heavy (non-hydrogen) atoms. The molecular formula is C27H25BrClN5O2. The van der Waals surface area contributed by atoms with Crippen LogP contribution in [0.5, 0.6) is 0 Å². The van der Waals surface area contributed by atoms with Crippen molar-refractivity contribution in [1.82, 2.24) is 15.3 Å². The Kier molecular flexibility index (Phi) is 6.73. The van der Waals surface area contributed by atoms with E-state index >= 15 is 0 Å². The molecule has 2 amide bonds. The number of amides is 2. The van der Waals surface area contributed by atoms with Crippen LogP contribution in [0.2, 0.25) is 5.02 Å². The highest BCUT2D eigenvalue weighted by atomic mass is 79.9. The highest BCUT2D eigenvalue weighted by molar-refractivity contribution is 9.10. The molecule has 3 aromatic carbocycles. The van der Waals surface area contributed by atoms with E-state index in [0.717, 1.165) is 34.8 Å². The molecule has 1 saturated carbocycles. The fourth-order valence-electron chi connectivity index (χ4n) is 4.11. The molecule has 0 aliphatic heterocycles. The normalized spacial score (nSPS) is 13.9. The largest absolute Gasteiger partial charge is 0.352 e. The molecule has 0 atom stereocenters. The van der Waals surface area contributed by atoms with E-state index < -0.39 is 0 Å². The number of nitrogens with one attached hydrogen (secondary N) is 4. The maximum atomic E-state index is 12.7. The minimum atomic E-state index is -0.211. The van der Waals surface area contributed by atoms with E-state index in [-0.39, 0.29) is 17.2 Å². The van der Waals surface area contributed by atoms with Crippen LogP contribution in [0.3, 0.4) is 0 Å². The van der Waals surface area contributed by atoms with Crippen molar-refractivity contribution < 1.29 is 9.59 Å². The zero-order chi connectivity index (χ0) is 25.3. The smallest absolute Gasteiger partial charge is 0.255 e. The van der Waals surface area contributed by atoms with Gasteiger partial charge in [-0.25, -0.2) is 4.98 Å². The predicted molar refractivity (Wildman–Crippen MR) is 147 cm³/mol. The average Bonchev–Trinajstić information content (AvgIpc) is 3.58. The number of benzene rings is 3. The first-order valence-corrected chi connectivity index (χ1v) is 12.9. The van der Waals surface area contributed by atoms with Crippen molar-refractivity contribution in [3.8, 4) is 0 Å². The number of anilines is 3. The first-order chi connectivity index (χ1) is 17.3. The van der Waals surface area contributed by atoms with Gasteiger partial charge in [0.25, 0.3) is 5.91 Å². The van der Waals surface area contributed by atoms with Crippen LogP contribution in [0.4, 0.5) is 17.3 Å². The van der Waals surface area contributed by atoms with Crippen LogP contribution in [0.1, 0.15) is 42.1 Å². The summed E-state index contributed by atoms with van der Waals surface area (Å²) >= 11 is 9.81. The van der Waals surface area contributed by atoms with Gasteiger partial charge in [-0.15, -0.1) is 0 Å². The van der Waals surface area contributed by atoms with E-state index in [4.69, 9.17) is 11.6 Å². The van der Waals surface area contributed by atoms with Gasteiger partial charge in [0.05, 0.1) is 21.7 Å². The van der Waals surface area contributed by atoms with Gasteiger partial charge in [0.2, 0.25) is 11.9 Å². The Bertz CT molecular complexity index is 1450. The van der Waals surface area contributed by atoms with Gasteiger partial charge >= 0.3 is 0 Å². The third kappa shape index (κ3) is 5.24. The van der Waals surface area contributed by atoms with Gasteiger partial charge in [0, 0.05) is 27.7 Å². The molecule has 1 heterocycles. The van der Waals surface area contributed by atoms with Gasteiger partial charge < -0.3 is 20.9 Å². The zero-order valence-corrected chi connectivity index (χ0v) is 22.0. The number of fused-ring (bicyclic) bond motifs is 1. The molecule has 7 nitrogen and oxygen atoms in total. The Balaban J connectivity index is 1.28. The number of carbonyl (C=O) groups excluding carboxylic acids is 2. The second kappa shape index (κ2) is 9.95. The van der Waals surface area contributed by atoms with Gasteiger partial charge in [0.1, 0.15) is 0 Å². The number of aromatic nitrogens is 2. The maximum absolute atomic E-state index is 12.7. The fraction of sp³-hybridized carbons (Fsp3) is 0.222. The van der Waals surface area contributed by atoms with Gasteiger partial charge in [-0.3, -0.25) is 9.59 Å². The number of aromatic amines is 1. The zero-order valence-electron chi connectivity index (χ0n) is 19.6. The lowest BCUT2D eigenvalue weighted by Crippen LogP contribution is -2.31. The van der Waals surface area contributed by atoms with Crippen molar-refractivity contribution in [1.29, 1.82) is 0 Å². The minimum absolute atomic E-state index is 0.117. The van der Waals surface area contributed by atoms with Crippen molar-refractivity contribution in [2.45, 2.75) is 32.7 Å². The molecule has 0 bridgehead atoms. The minimum Gasteiger partial charge on any atom is -0.352 e. The second-order valence-electron chi connectivity index (χ2n) is 9.03. The van der Waals surface area contributed by atoms with Crippen molar-refractivity contribution in [2.75, 3.05) is 10.6 Å². The summed E-state index contributed by atoms with van der Waals surface area (Å²) in [5, 5.41) is 9.69. The average molecular weight is 567 g/mol. The van der Waals surface area contributed by atoms with Gasteiger partial charge in [-0.1, -0.05) is 40.5 Å². The standard InChI is InChI=1S/C27H25BrClN5O2/c1-2-27(11-12-27)25(36)30-15-16-3-9-20(29)22(13-16)33-26-32-21-10-4-17(14-23(21)34-26)24(35)31-19-7-5-18(28)6-8-19/h3-10,13-14H,2,11-12,15H2,1H3,(H,30,36)(H,31,35)(H2,32,33,34). The second-order valence-corrected chi connectivity index (χ2v) is 10.4. The number of carbonyl (C=O) groups is 2. The van der Waals surface area contributed by atoms with E-state index in [0.29, 0.717) is 40.0 Å². The molecule has 0 unspecified atom stereocenters. The third-order valence-corrected chi connectivity index (χ3v) is 7.45. The lowest BCUT2D eigenvalue weighted by Gasteiger charge is -2.14. The number of hydrogen-bond donors (Lipinski definition) is 4. The van der Waals surface area contributed by atoms with E-state index in [2.05, 4.69) is 48.8 Å². The van der Waals surface area contributed by atoms with Gasteiger partial charge in [-0.2, -0.15) is 0 Å². The molecule has 4 N–H and O–H groups in total. The molecule has 0 radical (unpaired) electrons. The Morgan fingerprint density at radius 1 is 1.08 bits per heavy atom. The number of rotatable bonds is 8. The van der Waals surface area contributed by atoms with E-state index in [1.165, 1.54) is 0 Å². The van der Waals surface area contributed by atoms with Crippen LogP contribution in [0, 0.1) is 5.41 Å². The SMILES string of the molecule is CCC1(C(=O)NCc2ccc(Cl)c(Nc3nc4ccc(C(=O)Nc5ccc(Br)cc5)cc4[nH]3)c2)CC1. The highest BCUT2D eigenvalue weighted by Gasteiger charge is 2.47. The highest BCUT2D eigenvalue weighted by Crippen LogP contribution is 2.48. The van der Waals surface area contributed by atoms with Crippen LogP contribution >= 0.6 is 27.5 Å². The molecule has 1 aliphatic rings. The maximum Gasteiger partial charge on any atom is 0.255 e.